The molecule has 0 aliphatic carbocycles. The molecule has 0 aliphatic rings. The van der Waals surface area contributed by atoms with E-state index in [4.69, 9.17) is 9.16 Å². The summed E-state index contributed by atoms with van der Waals surface area (Å²) in [5, 5.41) is 13.6. The van der Waals surface area contributed by atoms with Gasteiger partial charge in [0, 0.05) is 0 Å². The van der Waals surface area contributed by atoms with Crippen LogP contribution in [0.2, 0.25) is 18.1 Å². The Morgan fingerprint density at radius 1 is 0.828 bits per heavy atom. The molecule has 29 heavy (non-hydrogen) atoms. The zero-order valence-corrected chi connectivity index (χ0v) is 19.3. The Bertz CT molecular complexity index is 987. The molecule has 1 atom stereocenters. The fourth-order valence-electron chi connectivity index (χ4n) is 3.17. The Kier molecular flexibility index (Phi) is 5.90. The Labute approximate surface area is 175 Å². The number of benzene rings is 3. The van der Waals surface area contributed by atoms with Gasteiger partial charge in [-0.25, -0.2) is 0 Å². The third-order valence-electron chi connectivity index (χ3n) is 5.86. The Morgan fingerprint density at radius 2 is 1.45 bits per heavy atom. The van der Waals surface area contributed by atoms with Crippen molar-refractivity contribution in [3.05, 3.63) is 77.9 Å². The number of hydrogen-bond acceptors (Lipinski definition) is 3. The van der Waals surface area contributed by atoms with Crippen molar-refractivity contribution < 1.29 is 14.3 Å². The third kappa shape index (κ3) is 4.89. The Hall–Kier alpha value is -2.14. The van der Waals surface area contributed by atoms with Crippen LogP contribution in [0.1, 0.15) is 38.8 Å². The molecule has 0 heterocycles. The van der Waals surface area contributed by atoms with Crippen molar-refractivity contribution in [3.63, 3.8) is 0 Å². The monoisotopic (exact) mass is 408 g/mol. The van der Waals surface area contributed by atoms with Crippen molar-refractivity contribution in [1.29, 1.82) is 0 Å². The van der Waals surface area contributed by atoms with Crippen LogP contribution in [0.5, 0.6) is 5.75 Å². The molecule has 4 heteroatoms. The summed E-state index contributed by atoms with van der Waals surface area (Å²) in [4.78, 5) is 0. The number of ether oxygens (including phenoxy) is 1. The number of para-hydroxylation sites is 1. The van der Waals surface area contributed by atoms with Gasteiger partial charge in [-0.3, -0.25) is 0 Å². The van der Waals surface area contributed by atoms with Crippen LogP contribution < -0.4 is 4.74 Å². The van der Waals surface area contributed by atoms with Gasteiger partial charge in [0.1, 0.15) is 12.4 Å². The van der Waals surface area contributed by atoms with Crippen LogP contribution in [-0.2, 0) is 16.8 Å². The van der Waals surface area contributed by atoms with Gasteiger partial charge in [-0.1, -0.05) is 69.3 Å². The minimum Gasteiger partial charge on any atom is -0.488 e. The van der Waals surface area contributed by atoms with Crippen LogP contribution in [0.3, 0.4) is 0 Å². The van der Waals surface area contributed by atoms with Crippen molar-refractivity contribution >= 4 is 19.1 Å². The Morgan fingerprint density at radius 3 is 2.14 bits per heavy atom. The first-order valence-corrected chi connectivity index (χ1v) is 13.0. The lowest BCUT2D eigenvalue weighted by molar-refractivity contribution is -0.140. The highest BCUT2D eigenvalue weighted by Gasteiger charge is 2.43. The van der Waals surface area contributed by atoms with E-state index >= 15 is 0 Å². The predicted molar refractivity (Wildman–Crippen MR) is 123 cm³/mol. The third-order valence-corrected chi connectivity index (χ3v) is 10.4. The molecule has 3 aromatic carbocycles. The highest BCUT2D eigenvalue weighted by Crippen LogP contribution is 2.42. The van der Waals surface area contributed by atoms with Crippen molar-refractivity contribution in [2.45, 2.75) is 58.2 Å². The standard InChI is InChI=1S/C25H32O3Si/c1-24(2,3)29(5,6)28-25(4,26)22-13-9-10-14-23(22)27-18-19-15-16-20-11-7-8-12-21(20)17-19/h7-17,26H,18H2,1-6H3. The minimum atomic E-state index is -2.17. The zero-order valence-electron chi connectivity index (χ0n) is 18.3. The van der Waals surface area contributed by atoms with Gasteiger partial charge in [-0.15, -0.1) is 0 Å². The van der Waals surface area contributed by atoms with E-state index in [0.717, 1.165) is 5.56 Å². The van der Waals surface area contributed by atoms with Crippen LogP contribution in [-0.4, -0.2) is 13.4 Å². The van der Waals surface area contributed by atoms with Gasteiger partial charge in [0.15, 0.2) is 14.1 Å². The number of rotatable bonds is 6. The van der Waals surface area contributed by atoms with Crippen molar-refractivity contribution in [1.82, 2.24) is 0 Å². The van der Waals surface area contributed by atoms with Crippen LogP contribution in [0.4, 0.5) is 0 Å². The first-order valence-electron chi connectivity index (χ1n) is 10.1. The molecule has 0 bridgehead atoms. The second-order valence-corrected chi connectivity index (χ2v) is 14.0. The summed E-state index contributed by atoms with van der Waals surface area (Å²) in [5.41, 5.74) is 1.74. The second kappa shape index (κ2) is 7.94. The van der Waals surface area contributed by atoms with Crippen LogP contribution >= 0.6 is 0 Å². The van der Waals surface area contributed by atoms with Gasteiger partial charge in [0.05, 0.1) is 5.56 Å². The number of hydrogen-bond donors (Lipinski definition) is 1. The van der Waals surface area contributed by atoms with E-state index in [1.54, 1.807) is 6.92 Å². The van der Waals surface area contributed by atoms with Crippen molar-refractivity contribution in [2.24, 2.45) is 0 Å². The second-order valence-electron chi connectivity index (χ2n) is 9.31. The van der Waals surface area contributed by atoms with E-state index in [1.807, 2.05) is 36.4 Å². The number of fused-ring (bicyclic) bond motifs is 1. The SMILES string of the molecule is CC(O)(O[Si](C)(C)C(C)(C)C)c1ccccc1OCc1ccc2ccccc2c1. The molecule has 1 unspecified atom stereocenters. The smallest absolute Gasteiger partial charge is 0.196 e. The normalized spacial score (nSPS) is 14.6. The predicted octanol–water partition coefficient (Wildman–Crippen LogP) is 6.61. The maximum absolute atomic E-state index is 11.2. The van der Waals surface area contributed by atoms with Crippen LogP contribution in [0.25, 0.3) is 10.8 Å². The van der Waals surface area contributed by atoms with E-state index < -0.39 is 14.1 Å². The van der Waals surface area contributed by atoms with E-state index in [-0.39, 0.29) is 5.04 Å². The summed E-state index contributed by atoms with van der Waals surface area (Å²) in [5.74, 6) is -0.771. The molecule has 1 N–H and O–H groups in total. The molecule has 0 saturated heterocycles. The van der Waals surface area contributed by atoms with Gasteiger partial charge < -0.3 is 14.3 Å². The van der Waals surface area contributed by atoms with E-state index in [9.17, 15) is 5.11 Å². The first-order chi connectivity index (χ1) is 13.5. The molecule has 0 aliphatic heterocycles. The maximum atomic E-state index is 11.2. The first kappa shape index (κ1) is 21.6. The summed E-state index contributed by atoms with van der Waals surface area (Å²) in [6, 6.07) is 22.2. The van der Waals surface area contributed by atoms with Crippen LogP contribution in [0.15, 0.2) is 66.7 Å². The van der Waals surface area contributed by atoms with E-state index in [2.05, 4.69) is 64.2 Å². The average Bonchev–Trinajstić information content (AvgIpc) is 2.64. The number of aliphatic hydroxyl groups is 1. The Balaban J connectivity index is 1.82. The lowest BCUT2D eigenvalue weighted by atomic mass is 10.1. The topological polar surface area (TPSA) is 38.7 Å². The molecule has 154 valence electrons. The summed E-state index contributed by atoms with van der Waals surface area (Å²) in [6.07, 6.45) is 0. The van der Waals surface area contributed by atoms with E-state index in [0.29, 0.717) is 17.9 Å². The van der Waals surface area contributed by atoms with Gasteiger partial charge in [-0.05, 0) is 59.6 Å². The van der Waals surface area contributed by atoms with Crippen molar-refractivity contribution in [3.8, 4) is 5.75 Å². The fraction of sp³-hybridized carbons (Fsp3) is 0.360. The zero-order chi connectivity index (χ0) is 21.3. The molecule has 0 spiro atoms. The summed E-state index contributed by atoms with van der Waals surface area (Å²) < 4.78 is 12.5. The largest absolute Gasteiger partial charge is 0.488 e. The highest BCUT2D eigenvalue weighted by molar-refractivity contribution is 6.74. The molecular formula is C25H32O3Si. The molecule has 0 fully saturated rings. The van der Waals surface area contributed by atoms with Gasteiger partial charge in [0.2, 0.25) is 0 Å². The van der Waals surface area contributed by atoms with Gasteiger partial charge >= 0.3 is 0 Å². The van der Waals surface area contributed by atoms with Crippen molar-refractivity contribution in [2.75, 3.05) is 0 Å². The molecule has 0 saturated carbocycles. The average molecular weight is 409 g/mol. The van der Waals surface area contributed by atoms with Crippen LogP contribution in [0, 0.1) is 0 Å². The lowest BCUT2D eigenvalue weighted by Crippen LogP contribution is -2.47. The summed E-state index contributed by atoms with van der Waals surface area (Å²) in [6.45, 7) is 12.9. The molecule has 0 amide bonds. The summed E-state index contributed by atoms with van der Waals surface area (Å²) in [7, 11) is -2.17. The maximum Gasteiger partial charge on any atom is 0.196 e. The quantitative estimate of drug-likeness (QED) is 0.368. The molecular weight excluding hydrogens is 376 g/mol. The van der Waals surface area contributed by atoms with Gasteiger partial charge in [-0.2, -0.15) is 0 Å². The molecule has 0 aromatic heterocycles. The fourth-order valence-corrected chi connectivity index (χ4v) is 4.58. The summed E-state index contributed by atoms with van der Waals surface area (Å²) >= 11 is 0. The van der Waals surface area contributed by atoms with E-state index in [1.165, 1.54) is 10.8 Å². The minimum absolute atomic E-state index is 0.00210. The van der Waals surface area contributed by atoms with Gasteiger partial charge in [0.25, 0.3) is 0 Å². The molecule has 3 nitrogen and oxygen atoms in total. The lowest BCUT2D eigenvalue weighted by Gasteiger charge is -2.42. The molecule has 3 aromatic rings. The highest BCUT2D eigenvalue weighted by atomic mass is 28.4. The molecule has 0 radical (unpaired) electrons. The molecule has 3 rings (SSSR count).